The number of benzene rings is 2. The maximum Gasteiger partial charge on any atom is 0.321 e. The Labute approximate surface area is 137 Å². The Balaban J connectivity index is 1.78. The second-order valence-corrected chi connectivity index (χ2v) is 4.95. The van der Waals surface area contributed by atoms with Crippen molar-refractivity contribution in [3.8, 4) is 5.75 Å². The zero-order valence-electron chi connectivity index (χ0n) is 13.6. The third-order valence-electron chi connectivity index (χ3n) is 3.47. The topological polar surface area (TPSA) is 53.6 Å². The number of nitrogens with zero attached hydrogens (tertiary/aromatic N) is 1. The van der Waals surface area contributed by atoms with E-state index < -0.39 is 0 Å². The van der Waals surface area contributed by atoms with E-state index in [1.165, 1.54) is 0 Å². The Bertz CT molecular complexity index is 595. The molecule has 0 aliphatic rings. The average molecular weight is 313 g/mol. The highest BCUT2D eigenvalue weighted by Gasteiger charge is 2.04. The summed E-state index contributed by atoms with van der Waals surface area (Å²) in [6.07, 6.45) is 0. The first-order chi connectivity index (χ1) is 11.2. The van der Waals surface area contributed by atoms with Crippen molar-refractivity contribution in [3.63, 3.8) is 0 Å². The van der Waals surface area contributed by atoms with Crippen LogP contribution in [0.1, 0.15) is 13.8 Å². The molecule has 2 aromatic carbocycles. The fraction of sp³-hybridized carbons (Fsp3) is 0.278. The molecule has 122 valence electrons. The van der Waals surface area contributed by atoms with Crippen molar-refractivity contribution in [1.82, 2.24) is 5.32 Å². The van der Waals surface area contributed by atoms with Gasteiger partial charge in [0.2, 0.25) is 0 Å². The molecule has 2 rings (SSSR count). The van der Waals surface area contributed by atoms with E-state index in [-0.39, 0.29) is 12.8 Å². The largest absolute Gasteiger partial charge is 0.473 e. The van der Waals surface area contributed by atoms with Gasteiger partial charge < -0.3 is 20.3 Å². The van der Waals surface area contributed by atoms with E-state index in [0.717, 1.165) is 30.2 Å². The number of anilines is 2. The molecule has 23 heavy (non-hydrogen) atoms. The van der Waals surface area contributed by atoms with Crippen molar-refractivity contribution in [3.05, 3.63) is 54.6 Å². The van der Waals surface area contributed by atoms with Gasteiger partial charge in [-0.2, -0.15) is 0 Å². The van der Waals surface area contributed by atoms with Crippen LogP contribution in [0.15, 0.2) is 54.6 Å². The van der Waals surface area contributed by atoms with Gasteiger partial charge in [-0.1, -0.05) is 18.2 Å². The van der Waals surface area contributed by atoms with E-state index in [2.05, 4.69) is 29.4 Å². The van der Waals surface area contributed by atoms with Crippen LogP contribution in [-0.4, -0.2) is 25.9 Å². The molecule has 0 heterocycles. The second kappa shape index (κ2) is 8.68. The summed E-state index contributed by atoms with van der Waals surface area (Å²) in [6.45, 7) is 6.28. The minimum absolute atomic E-state index is 0.118. The molecule has 0 aromatic heterocycles. The molecule has 0 radical (unpaired) electrons. The second-order valence-electron chi connectivity index (χ2n) is 4.95. The monoisotopic (exact) mass is 313 g/mol. The molecular weight excluding hydrogens is 290 g/mol. The van der Waals surface area contributed by atoms with Crippen molar-refractivity contribution in [2.75, 3.05) is 30.0 Å². The fourth-order valence-electron chi connectivity index (χ4n) is 2.22. The molecule has 0 aliphatic heterocycles. The van der Waals surface area contributed by atoms with Crippen LogP contribution in [0.2, 0.25) is 0 Å². The Kier molecular flexibility index (Phi) is 6.29. The Hall–Kier alpha value is -2.69. The molecular formula is C18H23N3O2. The maximum absolute atomic E-state index is 11.8. The standard InChI is InChI=1S/C18H23N3O2/c1-3-21(4-2)16-12-10-15(11-13-16)20-18(22)19-14-23-17-8-6-5-7-9-17/h5-13H,3-4,14H2,1-2H3,(H2,19,20,22). The Morgan fingerprint density at radius 3 is 2.26 bits per heavy atom. The predicted octanol–water partition coefficient (Wildman–Crippen LogP) is 3.69. The minimum Gasteiger partial charge on any atom is -0.473 e. The molecule has 0 atom stereocenters. The first-order valence-electron chi connectivity index (χ1n) is 7.80. The summed E-state index contributed by atoms with van der Waals surface area (Å²) in [5, 5.41) is 5.44. The van der Waals surface area contributed by atoms with Gasteiger partial charge in [0.05, 0.1) is 0 Å². The van der Waals surface area contributed by atoms with Gasteiger partial charge in [0.25, 0.3) is 0 Å². The number of carbonyl (C=O) groups excluding carboxylic acids is 1. The van der Waals surface area contributed by atoms with E-state index in [4.69, 9.17) is 4.74 Å². The molecule has 0 fully saturated rings. The highest BCUT2D eigenvalue weighted by atomic mass is 16.5. The van der Waals surface area contributed by atoms with E-state index in [9.17, 15) is 4.79 Å². The number of carbonyl (C=O) groups is 1. The van der Waals surface area contributed by atoms with Crippen LogP contribution in [0.5, 0.6) is 5.75 Å². The summed E-state index contributed by atoms with van der Waals surface area (Å²) in [4.78, 5) is 14.1. The molecule has 0 unspecified atom stereocenters. The molecule has 0 aliphatic carbocycles. The van der Waals surface area contributed by atoms with Crippen molar-refractivity contribution in [1.29, 1.82) is 0 Å². The van der Waals surface area contributed by atoms with Crippen molar-refractivity contribution < 1.29 is 9.53 Å². The number of urea groups is 1. The number of hydrogen-bond donors (Lipinski definition) is 2. The van der Waals surface area contributed by atoms with E-state index >= 15 is 0 Å². The summed E-state index contributed by atoms with van der Waals surface area (Å²) in [6, 6.07) is 16.9. The molecule has 5 nitrogen and oxygen atoms in total. The molecule has 0 saturated carbocycles. The van der Waals surface area contributed by atoms with Gasteiger partial charge in [-0.25, -0.2) is 4.79 Å². The molecule has 0 spiro atoms. The molecule has 0 saturated heterocycles. The molecule has 0 bridgehead atoms. The van der Waals surface area contributed by atoms with Crippen LogP contribution in [0.3, 0.4) is 0 Å². The first kappa shape index (κ1) is 16.7. The first-order valence-corrected chi connectivity index (χ1v) is 7.80. The van der Waals surface area contributed by atoms with Gasteiger partial charge in [-0.3, -0.25) is 0 Å². The van der Waals surface area contributed by atoms with Crippen molar-refractivity contribution >= 4 is 17.4 Å². The Morgan fingerprint density at radius 2 is 1.65 bits per heavy atom. The van der Waals surface area contributed by atoms with Gasteiger partial charge in [-0.05, 0) is 50.2 Å². The average Bonchev–Trinajstić information content (AvgIpc) is 2.58. The quantitative estimate of drug-likeness (QED) is 0.767. The van der Waals surface area contributed by atoms with Gasteiger partial charge in [0, 0.05) is 24.5 Å². The third kappa shape index (κ3) is 5.21. The van der Waals surface area contributed by atoms with Crippen LogP contribution in [0.25, 0.3) is 0 Å². The van der Waals surface area contributed by atoms with Crippen LogP contribution in [0, 0.1) is 0 Å². The fourth-order valence-corrected chi connectivity index (χ4v) is 2.22. The van der Waals surface area contributed by atoms with Gasteiger partial charge in [0.1, 0.15) is 5.75 Å². The number of rotatable bonds is 7. The van der Waals surface area contributed by atoms with Crippen LogP contribution < -0.4 is 20.3 Å². The Morgan fingerprint density at radius 1 is 1.00 bits per heavy atom. The third-order valence-corrected chi connectivity index (χ3v) is 3.47. The molecule has 2 amide bonds. The highest BCUT2D eigenvalue weighted by molar-refractivity contribution is 5.89. The molecule has 5 heteroatoms. The number of ether oxygens (including phenoxy) is 1. The lowest BCUT2D eigenvalue weighted by Crippen LogP contribution is -2.32. The lowest BCUT2D eigenvalue weighted by molar-refractivity contribution is 0.234. The normalized spacial score (nSPS) is 10.0. The van der Waals surface area contributed by atoms with E-state index in [0.29, 0.717) is 0 Å². The molecule has 2 N–H and O–H groups in total. The van der Waals surface area contributed by atoms with Crippen LogP contribution >= 0.6 is 0 Å². The zero-order chi connectivity index (χ0) is 16.5. The summed E-state index contributed by atoms with van der Waals surface area (Å²) < 4.78 is 5.42. The van der Waals surface area contributed by atoms with Crippen LogP contribution in [0.4, 0.5) is 16.2 Å². The van der Waals surface area contributed by atoms with Crippen molar-refractivity contribution in [2.45, 2.75) is 13.8 Å². The highest BCUT2D eigenvalue weighted by Crippen LogP contribution is 2.17. The van der Waals surface area contributed by atoms with E-state index in [1.54, 1.807) is 0 Å². The van der Waals surface area contributed by atoms with Gasteiger partial charge in [-0.15, -0.1) is 0 Å². The lowest BCUT2D eigenvalue weighted by atomic mass is 10.2. The SMILES string of the molecule is CCN(CC)c1ccc(NC(=O)NCOc2ccccc2)cc1. The smallest absolute Gasteiger partial charge is 0.321 e. The van der Waals surface area contributed by atoms with Gasteiger partial charge in [0.15, 0.2) is 6.73 Å². The van der Waals surface area contributed by atoms with Gasteiger partial charge >= 0.3 is 6.03 Å². The zero-order valence-corrected chi connectivity index (χ0v) is 13.6. The summed E-state index contributed by atoms with van der Waals surface area (Å²) in [5.41, 5.74) is 1.89. The number of hydrogen-bond acceptors (Lipinski definition) is 3. The predicted molar refractivity (Wildman–Crippen MR) is 94.1 cm³/mol. The minimum atomic E-state index is -0.295. The summed E-state index contributed by atoms with van der Waals surface area (Å²) >= 11 is 0. The summed E-state index contributed by atoms with van der Waals surface area (Å²) in [7, 11) is 0. The number of amides is 2. The number of para-hydroxylation sites is 1. The van der Waals surface area contributed by atoms with Crippen LogP contribution in [-0.2, 0) is 0 Å². The lowest BCUT2D eigenvalue weighted by Gasteiger charge is -2.21. The maximum atomic E-state index is 11.8. The molecule has 2 aromatic rings. The van der Waals surface area contributed by atoms with Crippen molar-refractivity contribution in [2.24, 2.45) is 0 Å². The summed E-state index contributed by atoms with van der Waals surface area (Å²) in [5.74, 6) is 0.719. The number of nitrogens with one attached hydrogen (secondary N) is 2. The van der Waals surface area contributed by atoms with E-state index in [1.807, 2.05) is 54.6 Å².